The quantitative estimate of drug-likeness (QED) is 0.515. The molecule has 7 nitrogen and oxygen atoms in total. The summed E-state index contributed by atoms with van der Waals surface area (Å²) in [6, 6.07) is 14.5. The summed E-state index contributed by atoms with van der Waals surface area (Å²) >= 11 is 1.49. The SMILES string of the molecule is CCCC1SCC(C(=O)O)N1C(=O)[C@H](CCC)NC(=O)OCC1c2ccccc2-c2ccccc21. The van der Waals surface area contributed by atoms with Crippen LogP contribution < -0.4 is 5.32 Å². The Balaban J connectivity index is 1.45. The fraction of sp³-hybridized carbons (Fsp3) is 0.444. The van der Waals surface area contributed by atoms with Gasteiger partial charge in [0.05, 0.1) is 5.37 Å². The minimum atomic E-state index is -1.01. The summed E-state index contributed by atoms with van der Waals surface area (Å²) in [6.07, 6.45) is 1.97. The number of carboxylic acids is 1. The topological polar surface area (TPSA) is 95.9 Å². The minimum absolute atomic E-state index is 0.0752. The molecule has 2 unspecified atom stereocenters. The first-order valence-corrected chi connectivity index (χ1v) is 13.3. The van der Waals surface area contributed by atoms with Gasteiger partial charge in [-0.05, 0) is 35.1 Å². The van der Waals surface area contributed by atoms with Crippen LogP contribution in [0, 0.1) is 0 Å². The molecule has 0 spiro atoms. The second-order valence-electron chi connectivity index (χ2n) is 8.99. The zero-order valence-electron chi connectivity index (χ0n) is 20.1. The zero-order chi connectivity index (χ0) is 24.9. The molecule has 1 heterocycles. The van der Waals surface area contributed by atoms with Crippen molar-refractivity contribution >= 4 is 29.7 Å². The molecule has 0 saturated carbocycles. The van der Waals surface area contributed by atoms with Gasteiger partial charge in [-0.2, -0.15) is 0 Å². The third-order valence-corrected chi connectivity index (χ3v) is 8.03. The van der Waals surface area contributed by atoms with E-state index in [1.165, 1.54) is 16.7 Å². The molecule has 8 heteroatoms. The van der Waals surface area contributed by atoms with Crippen LogP contribution in [0.15, 0.2) is 48.5 Å². The normalized spacial score (nSPS) is 19.7. The number of aliphatic carboxylic acids is 1. The molecule has 3 atom stereocenters. The largest absolute Gasteiger partial charge is 0.480 e. The fourth-order valence-corrected chi connectivity index (χ4v) is 6.55. The molecule has 1 saturated heterocycles. The van der Waals surface area contributed by atoms with Crippen LogP contribution in [0.3, 0.4) is 0 Å². The van der Waals surface area contributed by atoms with Gasteiger partial charge in [-0.3, -0.25) is 4.79 Å². The lowest BCUT2D eigenvalue weighted by Crippen LogP contribution is -2.54. The van der Waals surface area contributed by atoms with E-state index in [1.54, 1.807) is 0 Å². The average Bonchev–Trinajstić information content (AvgIpc) is 3.42. The Labute approximate surface area is 210 Å². The lowest BCUT2D eigenvalue weighted by atomic mass is 9.98. The summed E-state index contributed by atoms with van der Waals surface area (Å²) in [5.41, 5.74) is 4.51. The smallest absolute Gasteiger partial charge is 0.407 e. The molecule has 2 amide bonds. The number of carbonyl (C=O) groups excluding carboxylic acids is 2. The van der Waals surface area contributed by atoms with Crippen LogP contribution in [0.2, 0.25) is 0 Å². The Morgan fingerprint density at radius 1 is 1.06 bits per heavy atom. The summed E-state index contributed by atoms with van der Waals surface area (Å²) in [4.78, 5) is 39.5. The molecule has 0 bridgehead atoms. The monoisotopic (exact) mass is 496 g/mol. The van der Waals surface area contributed by atoms with Crippen molar-refractivity contribution in [2.24, 2.45) is 0 Å². The van der Waals surface area contributed by atoms with E-state index in [1.807, 2.05) is 38.1 Å². The maximum absolute atomic E-state index is 13.4. The van der Waals surface area contributed by atoms with Crippen molar-refractivity contribution in [2.45, 2.75) is 62.9 Å². The van der Waals surface area contributed by atoms with Crippen molar-refractivity contribution in [3.63, 3.8) is 0 Å². The van der Waals surface area contributed by atoms with Crippen molar-refractivity contribution in [3.8, 4) is 11.1 Å². The van der Waals surface area contributed by atoms with Gasteiger partial charge in [0.1, 0.15) is 18.7 Å². The third-order valence-electron chi connectivity index (χ3n) is 6.68. The molecule has 1 aliphatic heterocycles. The molecule has 0 radical (unpaired) electrons. The van der Waals surface area contributed by atoms with Gasteiger partial charge in [0.15, 0.2) is 0 Å². The van der Waals surface area contributed by atoms with Crippen LogP contribution in [0.5, 0.6) is 0 Å². The molecular weight excluding hydrogens is 464 g/mol. The standard InChI is InChI=1S/C27H32N2O5S/c1-3-9-22(25(30)29-23(26(31)32)16-35-24(29)10-4-2)28-27(33)34-15-21-19-13-7-5-11-17(19)18-12-6-8-14-20(18)21/h5-8,11-14,21-24H,3-4,9-10,15-16H2,1-2H3,(H,28,33)(H,31,32)/t22-,23?,24?/m0/s1. The second-order valence-corrected chi connectivity index (χ2v) is 10.2. The number of carbonyl (C=O) groups is 3. The van der Waals surface area contributed by atoms with E-state index in [-0.39, 0.29) is 23.8 Å². The van der Waals surface area contributed by atoms with Crippen molar-refractivity contribution < 1.29 is 24.2 Å². The average molecular weight is 497 g/mol. The number of amides is 2. The molecule has 2 aromatic carbocycles. The Bertz CT molecular complexity index is 1050. The lowest BCUT2D eigenvalue weighted by Gasteiger charge is -2.31. The first-order chi connectivity index (χ1) is 17.0. The maximum atomic E-state index is 13.4. The summed E-state index contributed by atoms with van der Waals surface area (Å²) in [7, 11) is 0. The molecule has 2 N–H and O–H groups in total. The Morgan fingerprint density at radius 3 is 2.26 bits per heavy atom. The van der Waals surface area contributed by atoms with Gasteiger partial charge in [-0.15, -0.1) is 11.8 Å². The van der Waals surface area contributed by atoms with Gasteiger partial charge in [-0.25, -0.2) is 9.59 Å². The van der Waals surface area contributed by atoms with Gasteiger partial charge in [0.25, 0.3) is 0 Å². The first-order valence-electron chi connectivity index (χ1n) is 12.2. The Hall–Kier alpha value is -3.00. The van der Waals surface area contributed by atoms with E-state index in [2.05, 4.69) is 29.6 Å². The number of carboxylic acid groups (broad SMARTS) is 1. The van der Waals surface area contributed by atoms with E-state index in [9.17, 15) is 19.5 Å². The molecule has 1 fully saturated rings. The first kappa shape index (κ1) is 25.1. The number of thioether (sulfide) groups is 1. The van der Waals surface area contributed by atoms with Gasteiger partial charge in [0, 0.05) is 11.7 Å². The molecule has 186 valence electrons. The molecule has 1 aliphatic carbocycles. The zero-order valence-corrected chi connectivity index (χ0v) is 20.9. The number of nitrogens with zero attached hydrogens (tertiary/aromatic N) is 1. The van der Waals surface area contributed by atoms with Crippen LogP contribution in [0.25, 0.3) is 11.1 Å². The minimum Gasteiger partial charge on any atom is -0.480 e. The molecule has 2 aliphatic rings. The third kappa shape index (κ3) is 5.17. The maximum Gasteiger partial charge on any atom is 0.407 e. The highest BCUT2D eigenvalue weighted by atomic mass is 32.2. The number of alkyl carbamates (subject to hydrolysis) is 1. The van der Waals surface area contributed by atoms with Crippen LogP contribution in [-0.4, -0.2) is 57.8 Å². The number of hydrogen-bond donors (Lipinski definition) is 2. The van der Waals surface area contributed by atoms with Gasteiger partial charge in [0.2, 0.25) is 5.91 Å². The highest BCUT2D eigenvalue weighted by Gasteiger charge is 2.43. The summed E-state index contributed by atoms with van der Waals surface area (Å²) in [6.45, 7) is 4.09. The van der Waals surface area contributed by atoms with Crippen molar-refractivity contribution in [3.05, 3.63) is 59.7 Å². The summed E-state index contributed by atoms with van der Waals surface area (Å²) < 4.78 is 5.64. The molecule has 2 aromatic rings. The highest BCUT2D eigenvalue weighted by Crippen LogP contribution is 2.44. The van der Waals surface area contributed by atoms with Crippen molar-refractivity contribution in [2.75, 3.05) is 12.4 Å². The predicted octanol–water partition coefficient (Wildman–Crippen LogP) is 4.85. The molecular formula is C27H32N2O5S. The van der Waals surface area contributed by atoms with Crippen LogP contribution in [-0.2, 0) is 14.3 Å². The number of hydrogen-bond acceptors (Lipinski definition) is 5. The van der Waals surface area contributed by atoms with Crippen molar-refractivity contribution in [1.82, 2.24) is 10.2 Å². The second kappa shape index (κ2) is 11.2. The Kier molecular flexibility index (Phi) is 8.00. The molecule has 35 heavy (non-hydrogen) atoms. The van der Waals surface area contributed by atoms with E-state index < -0.39 is 24.1 Å². The van der Waals surface area contributed by atoms with E-state index in [0.717, 1.165) is 28.7 Å². The van der Waals surface area contributed by atoms with Gasteiger partial charge < -0.3 is 20.1 Å². The van der Waals surface area contributed by atoms with E-state index in [0.29, 0.717) is 25.0 Å². The van der Waals surface area contributed by atoms with E-state index in [4.69, 9.17) is 4.74 Å². The summed E-state index contributed by atoms with van der Waals surface area (Å²) in [5.74, 6) is -1.08. The van der Waals surface area contributed by atoms with Crippen LogP contribution in [0.1, 0.15) is 56.6 Å². The molecule has 4 rings (SSSR count). The van der Waals surface area contributed by atoms with Crippen LogP contribution >= 0.6 is 11.8 Å². The van der Waals surface area contributed by atoms with Gasteiger partial charge in [-0.1, -0.05) is 75.2 Å². The lowest BCUT2D eigenvalue weighted by molar-refractivity contribution is -0.150. The number of benzene rings is 2. The number of ether oxygens (including phenoxy) is 1. The number of nitrogens with one attached hydrogen (secondary N) is 1. The highest BCUT2D eigenvalue weighted by molar-refractivity contribution is 8.00. The summed E-state index contributed by atoms with van der Waals surface area (Å²) in [5, 5.41) is 12.2. The van der Waals surface area contributed by atoms with Gasteiger partial charge >= 0.3 is 12.1 Å². The van der Waals surface area contributed by atoms with E-state index >= 15 is 0 Å². The molecule has 0 aromatic heterocycles. The predicted molar refractivity (Wildman–Crippen MR) is 136 cm³/mol. The number of fused-ring (bicyclic) bond motifs is 3. The number of rotatable bonds is 9. The van der Waals surface area contributed by atoms with Crippen LogP contribution in [0.4, 0.5) is 4.79 Å². The van der Waals surface area contributed by atoms with Crippen molar-refractivity contribution in [1.29, 1.82) is 0 Å². The Morgan fingerprint density at radius 2 is 1.69 bits per heavy atom. The fourth-order valence-electron chi connectivity index (χ4n) is 5.03.